The van der Waals surface area contributed by atoms with Crippen LogP contribution in [0.25, 0.3) is 0 Å². The molecule has 0 amide bonds. The fraction of sp³-hybridized carbons (Fsp3) is 0.667. The van der Waals surface area contributed by atoms with Crippen molar-refractivity contribution in [2.75, 3.05) is 12.3 Å². The van der Waals surface area contributed by atoms with Crippen LogP contribution in [0.1, 0.15) is 32.3 Å². The molecule has 0 radical (unpaired) electrons. The van der Waals surface area contributed by atoms with Crippen molar-refractivity contribution in [2.24, 2.45) is 5.92 Å². The summed E-state index contributed by atoms with van der Waals surface area (Å²) in [4.78, 5) is 8.77. The van der Waals surface area contributed by atoms with Crippen molar-refractivity contribution in [1.82, 2.24) is 15.3 Å². The van der Waals surface area contributed by atoms with Crippen LogP contribution in [-0.4, -0.2) is 22.3 Å². The number of aromatic nitrogens is 2. The first-order valence-corrected chi connectivity index (χ1v) is 6.97. The third kappa shape index (κ3) is 5.47. The van der Waals surface area contributed by atoms with Crippen LogP contribution in [0.3, 0.4) is 0 Å². The van der Waals surface area contributed by atoms with Gasteiger partial charge in [0, 0.05) is 12.7 Å². The molecule has 0 saturated carbocycles. The molecule has 4 heteroatoms. The van der Waals surface area contributed by atoms with Gasteiger partial charge in [-0.1, -0.05) is 20.8 Å². The molecule has 0 bridgehead atoms. The van der Waals surface area contributed by atoms with Gasteiger partial charge in [-0.3, -0.25) is 0 Å². The topological polar surface area (TPSA) is 37.8 Å². The minimum Gasteiger partial charge on any atom is -0.311 e. The lowest BCUT2D eigenvalue weighted by Crippen LogP contribution is -2.19. The molecule has 0 fully saturated rings. The van der Waals surface area contributed by atoms with Gasteiger partial charge in [0.25, 0.3) is 0 Å². The Balaban J connectivity index is 2.40. The van der Waals surface area contributed by atoms with Crippen molar-refractivity contribution in [3.63, 3.8) is 0 Å². The van der Waals surface area contributed by atoms with Crippen molar-refractivity contribution in [3.8, 4) is 0 Å². The summed E-state index contributed by atoms with van der Waals surface area (Å²) in [6.45, 7) is 8.43. The highest BCUT2D eigenvalue weighted by Crippen LogP contribution is 2.07. The largest absolute Gasteiger partial charge is 0.311 e. The molecule has 0 aromatic carbocycles. The fourth-order valence-electron chi connectivity index (χ4n) is 1.29. The highest BCUT2D eigenvalue weighted by Gasteiger charge is 2.00. The molecule has 0 unspecified atom stereocenters. The molecule has 0 aliphatic carbocycles. The first kappa shape index (κ1) is 13.5. The highest BCUT2D eigenvalue weighted by molar-refractivity contribution is 7.98. The maximum Gasteiger partial charge on any atom is 0.138 e. The van der Waals surface area contributed by atoms with Gasteiger partial charge in [0.1, 0.15) is 5.82 Å². The Bertz CT molecular complexity index is 302. The van der Waals surface area contributed by atoms with E-state index in [2.05, 4.69) is 36.1 Å². The zero-order valence-corrected chi connectivity index (χ0v) is 11.2. The SMILES string of the molecule is CCSCc1nccc(CNCC(C)C)n1. The van der Waals surface area contributed by atoms with Crippen LogP contribution in [0.2, 0.25) is 0 Å². The van der Waals surface area contributed by atoms with E-state index < -0.39 is 0 Å². The number of nitrogens with one attached hydrogen (secondary N) is 1. The predicted molar refractivity (Wildman–Crippen MR) is 70.4 cm³/mol. The quantitative estimate of drug-likeness (QED) is 0.793. The fourth-order valence-corrected chi connectivity index (χ4v) is 1.82. The second kappa shape index (κ2) is 7.63. The van der Waals surface area contributed by atoms with Crippen LogP contribution in [0.5, 0.6) is 0 Å². The maximum absolute atomic E-state index is 4.51. The van der Waals surface area contributed by atoms with E-state index in [9.17, 15) is 0 Å². The Morgan fingerprint density at radius 2 is 2.25 bits per heavy atom. The van der Waals surface area contributed by atoms with Crippen LogP contribution < -0.4 is 5.32 Å². The Morgan fingerprint density at radius 1 is 1.44 bits per heavy atom. The third-order valence-corrected chi connectivity index (χ3v) is 2.93. The van der Waals surface area contributed by atoms with Gasteiger partial charge in [-0.25, -0.2) is 9.97 Å². The molecule has 16 heavy (non-hydrogen) atoms. The van der Waals surface area contributed by atoms with Gasteiger partial charge < -0.3 is 5.32 Å². The normalized spacial score (nSPS) is 11.0. The molecule has 1 aromatic rings. The lowest BCUT2D eigenvalue weighted by atomic mass is 10.2. The van der Waals surface area contributed by atoms with Gasteiger partial charge in [-0.05, 0) is 24.3 Å². The van der Waals surface area contributed by atoms with Crippen molar-refractivity contribution >= 4 is 11.8 Å². The minimum absolute atomic E-state index is 0.678. The summed E-state index contributed by atoms with van der Waals surface area (Å²) < 4.78 is 0. The van der Waals surface area contributed by atoms with Gasteiger partial charge in [-0.15, -0.1) is 0 Å². The van der Waals surface area contributed by atoms with Gasteiger partial charge in [0.15, 0.2) is 0 Å². The molecular formula is C12H21N3S. The monoisotopic (exact) mass is 239 g/mol. The van der Waals surface area contributed by atoms with E-state index in [1.165, 1.54) is 0 Å². The molecule has 3 nitrogen and oxygen atoms in total. The van der Waals surface area contributed by atoms with E-state index in [1.54, 1.807) is 0 Å². The van der Waals surface area contributed by atoms with E-state index in [-0.39, 0.29) is 0 Å². The zero-order valence-electron chi connectivity index (χ0n) is 10.4. The summed E-state index contributed by atoms with van der Waals surface area (Å²) in [5, 5.41) is 3.39. The summed E-state index contributed by atoms with van der Waals surface area (Å²) in [5.41, 5.74) is 1.09. The molecule has 90 valence electrons. The molecule has 0 spiro atoms. The van der Waals surface area contributed by atoms with Crippen molar-refractivity contribution in [3.05, 3.63) is 23.8 Å². The maximum atomic E-state index is 4.51. The molecule has 0 atom stereocenters. The van der Waals surface area contributed by atoms with E-state index in [0.717, 1.165) is 36.1 Å². The summed E-state index contributed by atoms with van der Waals surface area (Å²) in [6, 6.07) is 1.98. The third-order valence-electron chi connectivity index (χ3n) is 2.06. The van der Waals surface area contributed by atoms with Gasteiger partial charge >= 0.3 is 0 Å². The molecule has 1 rings (SSSR count). The van der Waals surface area contributed by atoms with Gasteiger partial charge in [-0.2, -0.15) is 11.8 Å². The predicted octanol–water partition coefficient (Wildman–Crippen LogP) is 2.48. The average molecular weight is 239 g/mol. The van der Waals surface area contributed by atoms with Crippen LogP contribution in [0, 0.1) is 5.92 Å². The van der Waals surface area contributed by atoms with E-state index in [0.29, 0.717) is 5.92 Å². The first-order valence-electron chi connectivity index (χ1n) is 5.81. The lowest BCUT2D eigenvalue weighted by molar-refractivity contribution is 0.547. The van der Waals surface area contributed by atoms with Crippen LogP contribution in [0.15, 0.2) is 12.3 Å². The summed E-state index contributed by atoms with van der Waals surface area (Å²) in [7, 11) is 0. The standard InChI is InChI=1S/C12H21N3S/c1-4-16-9-12-14-6-5-11(15-12)8-13-7-10(2)3/h5-6,10,13H,4,7-9H2,1-3H3. The summed E-state index contributed by atoms with van der Waals surface area (Å²) in [5.74, 6) is 3.64. The number of hydrogen-bond donors (Lipinski definition) is 1. The number of hydrogen-bond acceptors (Lipinski definition) is 4. The number of rotatable bonds is 7. The average Bonchev–Trinajstić information content (AvgIpc) is 2.26. The smallest absolute Gasteiger partial charge is 0.138 e. The van der Waals surface area contributed by atoms with E-state index >= 15 is 0 Å². The Morgan fingerprint density at radius 3 is 2.94 bits per heavy atom. The van der Waals surface area contributed by atoms with Crippen molar-refractivity contribution < 1.29 is 0 Å². The first-order chi connectivity index (χ1) is 7.72. The van der Waals surface area contributed by atoms with Crippen molar-refractivity contribution in [2.45, 2.75) is 33.1 Å². The summed E-state index contributed by atoms with van der Waals surface area (Å²) >= 11 is 1.85. The molecular weight excluding hydrogens is 218 g/mol. The Labute approximate surface area is 102 Å². The van der Waals surface area contributed by atoms with Gasteiger partial charge in [0.05, 0.1) is 11.4 Å². The van der Waals surface area contributed by atoms with Gasteiger partial charge in [0.2, 0.25) is 0 Å². The Hall–Kier alpha value is -0.610. The molecule has 0 aliphatic rings. The molecule has 0 saturated heterocycles. The second-order valence-corrected chi connectivity index (χ2v) is 5.40. The van der Waals surface area contributed by atoms with E-state index in [1.807, 2.05) is 24.0 Å². The van der Waals surface area contributed by atoms with Crippen LogP contribution >= 0.6 is 11.8 Å². The second-order valence-electron chi connectivity index (χ2n) is 4.13. The molecule has 1 aromatic heterocycles. The highest BCUT2D eigenvalue weighted by atomic mass is 32.2. The molecule has 1 heterocycles. The van der Waals surface area contributed by atoms with E-state index in [4.69, 9.17) is 0 Å². The minimum atomic E-state index is 0.678. The Kier molecular flexibility index (Phi) is 6.42. The lowest BCUT2D eigenvalue weighted by Gasteiger charge is -2.07. The molecule has 0 aliphatic heterocycles. The number of nitrogens with zero attached hydrogens (tertiary/aromatic N) is 2. The summed E-state index contributed by atoms with van der Waals surface area (Å²) in [6.07, 6.45) is 1.85. The van der Waals surface area contributed by atoms with Crippen molar-refractivity contribution in [1.29, 1.82) is 0 Å². The molecule has 1 N–H and O–H groups in total. The van der Waals surface area contributed by atoms with Crippen LogP contribution in [0.4, 0.5) is 0 Å². The zero-order chi connectivity index (χ0) is 11.8. The van der Waals surface area contributed by atoms with Crippen LogP contribution in [-0.2, 0) is 12.3 Å². The number of thioether (sulfide) groups is 1.